The van der Waals surface area contributed by atoms with Gasteiger partial charge in [-0.3, -0.25) is 9.59 Å². The Morgan fingerprint density at radius 3 is 2.44 bits per heavy atom. The Labute approximate surface area is 158 Å². The molecular weight excluding hydrogens is 349 g/mol. The zero-order chi connectivity index (χ0) is 18.9. The number of piperazine rings is 1. The average Bonchev–Trinajstić information content (AvgIpc) is 3.35. The maximum Gasteiger partial charge on any atom is 0.238 e. The van der Waals surface area contributed by atoms with Crippen LogP contribution in [0.5, 0.6) is 0 Å². The molecule has 0 aromatic heterocycles. The van der Waals surface area contributed by atoms with Gasteiger partial charge in [-0.1, -0.05) is 0 Å². The third-order valence-corrected chi connectivity index (χ3v) is 5.87. The van der Waals surface area contributed by atoms with Gasteiger partial charge in [-0.25, -0.2) is 4.39 Å². The summed E-state index contributed by atoms with van der Waals surface area (Å²) in [5, 5.41) is 2.93. The van der Waals surface area contributed by atoms with Crippen molar-refractivity contribution < 1.29 is 18.7 Å². The lowest BCUT2D eigenvalue weighted by Gasteiger charge is -2.37. The summed E-state index contributed by atoms with van der Waals surface area (Å²) in [6, 6.07) is 6.41. The fourth-order valence-corrected chi connectivity index (χ4v) is 3.97. The first kappa shape index (κ1) is 18.2. The van der Waals surface area contributed by atoms with Gasteiger partial charge in [0, 0.05) is 45.0 Å². The zero-order valence-electron chi connectivity index (χ0n) is 15.5. The summed E-state index contributed by atoms with van der Waals surface area (Å²) < 4.78 is 18.6. The second-order valence-corrected chi connectivity index (χ2v) is 7.68. The van der Waals surface area contributed by atoms with Gasteiger partial charge in [0.25, 0.3) is 0 Å². The summed E-state index contributed by atoms with van der Waals surface area (Å²) in [5.41, 5.74) is 0.0929. The monoisotopic (exact) mass is 375 g/mol. The van der Waals surface area contributed by atoms with Crippen LogP contribution in [0.2, 0.25) is 0 Å². The van der Waals surface area contributed by atoms with Gasteiger partial charge in [0.05, 0.1) is 6.10 Å². The lowest BCUT2D eigenvalue weighted by Crippen LogP contribution is -2.53. The molecule has 2 saturated heterocycles. The molecule has 2 aliphatic heterocycles. The molecule has 1 aliphatic carbocycles. The highest BCUT2D eigenvalue weighted by Crippen LogP contribution is 2.47. The first-order chi connectivity index (χ1) is 13.1. The van der Waals surface area contributed by atoms with Crippen molar-refractivity contribution >= 4 is 17.5 Å². The fraction of sp³-hybridized carbons (Fsp3) is 0.600. The Morgan fingerprint density at radius 1 is 1.15 bits per heavy atom. The number of hydrogen-bond acceptors (Lipinski definition) is 4. The lowest BCUT2D eigenvalue weighted by atomic mass is 10.0. The van der Waals surface area contributed by atoms with Crippen molar-refractivity contribution in [3.8, 4) is 0 Å². The number of hydrogen-bond donors (Lipinski definition) is 1. The topological polar surface area (TPSA) is 61.9 Å². The van der Waals surface area contributed by atoms with Crippen LogP contribution in [0.4, 0.5) is 10.1 Å². The number of amides is 2. The number of nitrogens with zero attached hydrogens (tertiary/aromatic N) is 2. The molecule has 0 bridgehead atoms. The molecule has 1 unspecified atom stereocenters. The molecule has 4 rings (SSSR count). The Balaban J connectivity index is 1.30. The summed E-state index contributed by atoms with van der Waals surface area (Å²) >= 11 is 0. The minimum Gasteiger partial charge on any atom is -0.376 e. The molecule has 0 spiro atoms. The van der Waals surface area contributed by atoms with Crippen LogP contribution < -0.4 is 10.2 Å². The Hall–Kier alpha value is -2.15. The minimum atomic E-state index is -0.864. The van der Waals surface area contributed by atoms with Gasteiger partial charge < -0.3 is 19.9 Å². The van der Waals surface area contributed by atoms with Crippen molar-refractivity contribution in [3.05, 3.63) is 30.1 Å². The average molecular weight is 375 g/mol. The van der Waals surface area contributed by atoms with Gasteiger partial charge >= 0.3 is 0 Å². The van der Waals surface area contributed by atoms with E-state index < -0.39 is 5.41 Å². The largest absolute Gasteiger partial charge is 0.376 e. The molecule has 1 aromatic carbocycles. The summed E-state index contributed by atoms with van der Waals surface area (Å²) in [5.74, 6) is -0.452. The smallest absolute Gasteiger partial charge is 0.238 e. The van der Waals surface area contributed by atoms with Crippen LogP contribution in [0.25, 0.3) is 0 Å². The van der Waals surface area contributed by atoms with Crippen LogP contribution in [0.15, 0.2) is 24.3 Å². The molecule has 3 fully saturated rings. The fourth-order valence-electron chi connectivity index (χ4n) is 3.97. The van der Waals surface area contributed by atoms with Crippen LogP contribution >= 0.6 is 0 Å². The normalized spacial score (nSPS) is 24.0. The van der Waals surface area contributed by atoms with Gasteiger partial charge in [0.1, 0.15) is 11.2 Å². The molecule has 1 atom stereocenters. The number of ether oxygens (including phenoxy) is 1. The molecule has 1 saturated carbocycles. The SMILES string of the molecule is O=C(NCC1CCCO1)C1(C(=O)N2CCN(c3ccc(F)cc3)CC2)CC1. The standard InChI is InChI=1S/C20H26FN3O3/c21-15-3-5-16(6-4-15)23-9-11-24(12-10-23)19(26)20(7-8-20)18(25)22-14-17-2-1-13-27-17/h3-6,17H,1-2,7-14H2,(H,22,25). The number of rotatable bonds is 5. The van der Waals surface area contributed by atoms with E-state index in [0.717, 1.165) is 25.1 Å². The molecule has 7 heteroatoms. The molecular formula is C20H26FN3O3. The Bertz CT molecular complexity index is 691. The maximum atomic E-state index is 13.1. The van der Waals surface area contributed by atoms with E-state index in [2.05, 4.69) is 10.2 Å². The van der Waals surface area contributed by atoms with E-state index in [1.165, 1.54) is 12.1 Å². The first-order valence-electron chi connectivity index (χ1n) is 9.78. The number of carbonyl (C=O) groups is 2. The van der Waals surface area contributed by atoms with E-state index in [4.69, 9.17) is 4.74 Å². The van der Waals surface area contributed by atoms with E-state index in [-0.39, 0.29) is 23.7 Å². The number of nitrogens with one attached hydrogen (secondary N) is 1. The van der Waals surface area contributed by atoms with Crippen molar-refractivity contribution in [1.29, 1.82) is 0 Å². The van der Waals surface area contributed by atoms with E-state index >= 15 is 0 Å². The predicted octanol–water partition coefficient (Wildman–Crippen LogP) is 1.55. The van der Waals surface area contributed by atoms with Gasteiger partial charge in [-0.05, 0) is 49.9 Å². The second kappa shape index (κ2) is 7.46. The number of benzene rings is 1. The van der Waals surface area contributed by atoms with E-state index in [9.17, 15) is 14.0 Å². The first-order valence-corrected chi connectivity index (χ1v) is 9.78. The highest BCUT2D eigenvalue weighted by atomic mass is 19.1. The molecule has 3 aliphatic rings. The molecule has 27 heavy (non-hydrogen) atoms. The number of anilines is 1. The van der Waals surface area contributed by atoms with Gasteiger partial charge in [-0.2, -0.15) is 0 Å². The molecule has 146 valence electrons. The summed E-state index contributed by atoms with van der Waals surface area (Å²) in [6.07, 6.45) is 3.33. The van der Waals surface area contributed by atoms with Crippen molar-refractivity contribution in [2.24, 2.45) is 5.41 Å². The second-order valence-electron chi connectivity index (χ2n) is 7.68. The van der Waals surface area contributed by atoms with Crippen LogP contribution in [0, 0.1) is 11.2 Å². The lowest BCUT2D eigenvalue weighted by molar-refractivity contribution is -0.144. The van der Waals surface area contributed by atoms with Crippen LogP contribution in [-0.2, 0) is 14.3 Å². The predicted molar refractivity (Wildman–Crippen MR) is 98.8 cm³/mol. The number of carbonyl (C=O) groups excluding carboxylic acids is 2. The third kappa shape index (κ3) is 3.78. The highest BCUT2D eigenvalue weighted by Gasteiger charge is 2.58. The van der Waals surface area contributed by atoms with E-state index in [1.54, 1.807) is 17.0 Å². The molecule has 0 radical (unpaired) electrons. The molecule has 1 aromatic rings. The van der Waals surface area contributed by atoms with Gasteiger partial charge in [0.15, 0.2) is 0 Å². The minimum absolute atomic E-state index is 0.0499. The molecule has 2 amide bonds. The van der Waals surface area contributed by atoms with Crippen molar-refractivity contribution in [2.45, 2.75) is 31.8 Å². The van der Waals surface area contributed by atoms with Crippen LogP contribution in [0.1, 0.15) is 25.7 Å². The summed E-state index contributed by atoms with van der Waals surface area (Å²) in [4.78, 5) is 29.5. The van der Waals surface area contributed by atoms with Gasteiger partial charge in [-0.15, -0.1) is 0 Å². The third-order valence-electron chi connectivity index (χ3n) is 5.87. The van der Waals surface area contributed by atoms with Crippen LogP contribution in [-0.4, -0.2) is 62.1 Å². The van der Waals surface area contributed by atoms with Crippen molar-refractivity contribution in [1.82, 2.24) is 10.2 Å². The quantitative estimate of drug-likeness (QED) is 0.794. The van der Waals surface area contributed by atoms with Crippen molar-refractivity contribution in [3.63, 3.8) is 0 Å². The Morgan fingerprint density at radius 2 is 1.85 bits per heavy atom. The molecule has 6 nitrogen and oxygen atoms in total. The number of halogens is 1. The van der Waals surface area contributed by atoms with E-state index in [1.807, 2.05) is 0 Å². The summed E-state index contributed by atoms with van der Waals surface area (Å²) in [6.45, 7) is 3.78. The van der Waals surface area contributed by atoms with E-state index in [0.29, 0.717) is 45.6 Å². The maximum absolute atomic E-state index is 13.1. The Kier molecular flexibility index (Phi) is 5.04. The summed E-state index contributed by atoms with van der Waals surface area (Å²) in [7, 11) is 0. The molecule has 1 N–H and O–H groups in total. The highest BCUT2D eigenvalue weighted by molar-refractivity contribution is 6.07. The van der Waals surface area contributed by atoms with Gasteiger partial charge in [0.2, 0.25) is 11.8 Å². The van der Waals surface area contributed by atoms with Crippen LogP contribution in [0.3, 0.4) is 0 Å². The molecule has 2 heterocycles. The van der Waals surface area contributed by atoms with Crippen molar-refractivity contribution in [2.75, 3.05) is 44.2 Å². The zero-order valence-corrected chi connectivity index (χ0v) is 15.5.